The quantitative estimate of drug-likeness (QED) is 0.490. The van der Waals surface area contributed by atoms with Crippen molar-refractivity contribution in [3.05, 3.63) is 63.2 Å². The number of carbonyl (C=O) groups excluding carboxylic acids is 1. The van der Waals surface area contributed by atoms with E-state index in [-0.39, 0.29) is 21.5 Å². The SMILES string of the molecule is COc1ccccc1C(=O)NC(=S)Nc1cc([N+](=O)[O-])ccc1Cl. The number of non-ortho nitro benzene ring substituents is 1. The number of ether oxygens (including phenoxy) is 1. The average molecular weight is 366 g/mol. The third-order valence-electron chi connectivity index (χ3n) is 2.99. The van der Waals surface area contributed by atoms with Gasteiger partial charge in [-0.05, 0) is 30.4 Å². The maximum Gasteiger partial charge on any atom is 0.271 e. The summed E-state index contributed by atoms with van der Waals surface area (Å²) in [7, 11) is 1.45. The van der Waals surface area contributed by atoms with Crippen LogP contribution in [-0.4, -0.2) is 23.1 Å². The van der Waals surface area contributed by atoms with Crippen molar-refractivity contribution < 1.29 is 14.5 Å². The van der Waals surface area contributed by atoms with E-state index in [1.807, 2.05) is 0 Å². The highest BCUT2D eigenvalue weighted by atomic mass is 35.5. The molecular weight excluding hydrogens is 354 g/mol. The highest BCUT2D eigenvalue weighted by Crippen LogP contribution is 2.26. The fourth-order valence-electron chi connectivity index (χ4n) is 1.88. The number of nitrogens with zero attached hydrogens (tertiary/aromatic N) is 1. The molecule has 0 aliphatic rings. The van der Waals surface area contributed by atoms with Crippen LogP contribution in [-0.2, 0) is 0 Å². The molecule has 0 saturated heterocycles. The molecule has 0 aliphatic carbocycles. The summed E-state index contributed by atoms with van der Waals surface area (Å²) in [5.74, 6) is -0.0855. The Morgan fingerprint density at radius 1 is 1.29 bits per heavy atom. The summed E-state index contributed by atoms with van der Waals surface area (Å²) in [5, 5.41) is 16.1. The molecule has 2 aromatic carbocycles. The molecule has 2 aromatic rings. The first-order valence-corrected chi connectivity index (χ1v) is 7.40. The zero-order chi connectivity index (χ0) is 17.7. The van der Waals surface area contributed by atoms with E-state index in [0.717, 1.165) is 0 Å². The second-order valence-corrected chi connectivity index (χ2v) is 5.35. The molecule has 0 aromatic heterocycles. The third-order valence-corrected chi connectivity index (χ3v) is 3.52. The van der Waals surface area contributed by atoms with Crippen molar-refractivity contribution in [3.63, 3.8) is 0 Å². The minimum Gasteiger partial charge on any atom is -0.496 e. The fraction of sp³-hybridized carbons (Fsp3) is 0.0667. The van der Waals surface area contributed by atoms with Crippen molar-refractivity contribution in [1.82, 2.24) is 5.32 Å². The maximum atomic E-state index is 12.2. The van der Waals surface area contributed by atoms with Gasteiger partial charge in [0.05, 0.1) is 28.3 Å². The number of hydrogen-bond acceptors (Lipinski definition) is 5. The number of amides is 1. The molecule has 0 spiro atoms. The number of nitro benzene ring substituents is 1. The van der Waals surface area contributed by atoms with Crippen molar-refractivity contribution in [1.29, 1.82) is 0 Å². The number of anilines is 1. The van der Waals surface area contributed by atoms with Crippen LogP contribution in [0.3, 0.4) is 0 Å². The second kappa shape index (κ2) is 7.71. The minimum absolute atomic E-state index is 0.0479. The summed E-state index contributed by atoms with van der Waals surface area (Å²) in [4.78, 5) is 22.5. The highest BCUT2D eigenvalue weighted by Gasteiger charge is 2.15. The molecule has 0 unspecified atom stereocenters. The third kappa shape index (κ3) is 4.18. The molecule has 24 heavy (non-hydrogen) atoms. The topological polar surface area (TPSA) is 93.5 Å². The van der Waals surface area contributed by atoms with Crippen LogP contribution in [0.2, 0.25) is 5.02 Å². The van der Waals surface area contributed by atoms with Gasteiger partial charge in [0.2, 0.25) is 0 Å². The smallest absolute Gasteiger partial charge is 0.271 e. The number of hydrogen-bond donors (Lipinski definition) is 2. The number of nitro groups is 1. The summed E-state index contributed by atoms with van der Waals surface area (Å²) in [6.45, 7) is 0. The molecule has 0 saturated carbocycles. The van der Waals surface area contributed by atoms with E-state index >= 15 is 0 Å². The van der Waals surface area contributed by atoms with Crippen molar-refractivity contribution in [2.24, 2.45) is 0 Å². The Balaban J connectivity index is 2.12. The van der Waals surface area contributed by atoms with Crippen LogP contribution < -0.4 is 15.4 Å². The number of rotatable bonds is 4. The van der Waals surface area contributed by atoms with Crippen molar-refractivity contribution >= 4 is 46.2 Å². The van der Waals surface area contributed by atoms with Crippen LogP contribution in [0.15, 0.2) is 42.5 Å². The molecule has 1 amide bonds. The molecule has 124 valence electrons. The van der Waals surface area contributed by atoms with Gasteiger partial charge in [-0.25, -0.2) is 0 Å². The molecule has 0 bridgehead atoms. The van der Waals surface area contributed by atoms with Crippen LogP contribution in [0.25, 0.3) is 0 Å². The van der Waals surface area contributed by atoms with Gasteiger partial charge in [-0.3, -0.25) is 20.2 Å². The van der Waals surface area contributed by atoms with Crippen LogP contribution in [0, 0.1) is 10.1 Å². The highest BCUT2D eigenvalue weighted by molar-refractivity contribution is 7.80. The Bertz CT molecular complexity index is 813. The fourth-order valence-corrected chi connectivity index (χ4v) is 2.25. The standard InChI is InChI=1S/C15H12ClN3O4S/c1-23-13-5-3-2-4-10(13)14(20)18-15(24)17-12-8-9(19(21)22)6-7-11(12)16/h2-8H,1H3,(H2,17,18,20,24). The van der Waals surface area contributed by atoms with E-state index in [2.05, 4.69) is 10.6 Å². The van der Waals surface area contributed by atoms with Gasteiger partial charge >= 0.3 is 0 Å². The number of thiocarbonyl (C=S) groups is 1. The van der Waals surface area contributed by atoms with Crippen molar-refractivity contribution in [2.75, 3.05) is 12.4 Å². The van der Waals surface area contributed by atoms with Crippen LogP contribution >= 0.6 is 23.8 Å². The summed E-state index contributed by atoms with van der Waals surface area (Å²) in [5.41, 5.74) is 0.367. The molecule has 2 N–H and O–H groups in total. The summed E-state index contributed by atoms with van der Waals surface area (Å²) >= 11 is 11.0. The first-order chi connectivity index (χ1) is 11.4. The Labute approximate surface area is 147 Å². The molecule has 2 rings (SSSR count). The zero-order valence-corrected chi connectivity index (χ0v) is 14.0. The zero-order valence-electron chi connectivity index (χ0n) is 12.4. The van der Waals surface area contributed by atoms with E-state index in [0.29, 0.717) is 11.3 Å². The Hall–Kier alpha value is -2.71. The molecular formula is C15H12ClN3O4S. The lowest BCUT2D eigenvalue weighted by Gasteiger charge is -2.12. The van der Waals surface area contributed by atoms with Crippen molar-refractivity contribution in [3.8, 4) is 5.75 Å². The average Bonchev–Trinajstić information content (AvgIpc) is 2.56. The monoisotopic (exact) mass is 365 g/mol. The van der Waals surface area contributed by atoms with Gasteiger partial charge in [-0.2, -0.15) is 0 Å². The number of methoxy groups -OCH3 is 1. The number of halogens is 1. The van der Waals surface area contributed by atoms with E-state index in [1.165, 1.54) is 25.3 Å². The number of nitrogens with one attached hydrogen (secondary N) is 2. The van der Waals surface area contributed by atoms with Gasteiger partial charge in [-0.1, -0.05) is 23.7 Å². The number of carbonyl (C=O) groups is 1. The first kappa shape index (κ1) is 17.6. The Morgan fingerprint density at radius 3 is 2.67 bits per heavy atom. The summed E-state index contributed by atoms with van der Waals surface area (Å²) < 4.78 is 5.11. The molecule has 0 fully saturated rings. The van der Waals surface area contributed by atoms with Gasteiger partial charge in [0, 0.05) is 12.1 Å². The lowest BCUT2D eigenvalue weighted by molar-refractivity contribution is -0.384. The molecule has 0 heterocycles. The Morgan fingerprint density at radius 2 is 2.00 bits per heavy atom. The van der Waals surface area contributed by atoms with Gasteiger partial charge < -0.3 is 10.1 Å². The largest absolute Gasteiger partial charge is 0.496 e. The van der Waals surface area contributed by atoms with E-state index in [4.69, 9.17) is 28.6 Å². The van der Waals surface area contributed by atoms with Gasteiger partial charge in [0.15, 0.2) is 5.11 Å². The maximum absolute atomic E-state index is 12.2. The van der Waals surface area contributed by atoms with Crippen molar-refractivity contribution in [2.45, 2.75) is 0 Å². The first-order valence-electron chi connectivity index (χ1n) is 6.61. The normalized spacial score (nSPS) is 9.92. The molecule has 7 nitrogen and oxygen atoms in total. The van der Waals surface area contributed by atoms with Gasteiger partial charge in [-0.15, -0.1) is 0 Å². The predicted molar refractivity (Wildman–Crippen MR) is 94.8 cm³/mol. The molecule has 0 atom stereocenters. The Kier molecular flexibility index (Phi) is 5.67. The van der Waals surface area contributed by atoms with E-state index < -0.39 is 10.8 Å². The van der Waals surface area contributed by atoms with Gasteiger partial charge in [0.1, 0.15) is 5.75 Å². The lowest BCUT2D eigenvalue weighted by atomic mass is 10.2. The van der Waals surface area contributed by atoms with Crippen LogP contribution in [0.1, 0.15) is 10.4 Å². The number of para-hydroxylation sites is 1. The second-order valence-electron chi connectivity index (χ2n) is 4.53. The number of benzene rings is 2. The predicted octanol–water partition coefficient (Wildman–Crippen LogP) is 3.38. The van der Waals surface area contributed by atoms with E-state index in [1.54, 1.807) is 24.3 Å². The summed E-state index contributed by atoms with van der Waals surface area (Å²) in [6, 6.07) is 10.5. The summed E-state index contributed by atoms with van der Waals surface area (Å²) in [6.07, 6.45) is 0. The van der Waals surface area contributed by atoms with E-state index in [9.17, 15) is 14.9 Å². The van der Waals surface area contributed by atoms with Gasteiger partial charge in [0.25, 0.3) is 11.6 Å². The van der Waals surface area contributed by atoms with Crippen LogP contribution in [0.4, 0.5) is 11.4 Å². The van der Waals surface area contributed by atoms with Crippen LogP contribution in [0.5, 0.6) is 5.75 Å². The lowest BCUT2D eigenvalue weighted by Crippen LogP contribution is -2.34. The molecule has 0 aliphatic heterocycles. The minimum atomic E-state index is -0.558. The molecule has 0 radical (unpaired) electrons. The molecule has 9 heteroatoms.